The van der Waals surface area contributed by atoms with E-state index in [2.05, 4.69) is 18.8 Å². The second kappa shape index (κ2) is 6.52. The van der Waals surface area contributed by atoms with E-state index in [4.69, 9.17) is 11.5 Å². The lowest BCUT2D eigenvalue weighted by molar-refractivity contribution is -0.131. The number of carbonyl (C=O) groups is 1. The van der Waals surface area contributed by atoms with E-state index >= 15 is 0 Å². The Morgan fingerprint density at radius 1 is 1.41 bits per heavy atom. The molecule has 2 aliphatic heterocycles. The third-order valence-electron chi connectivity index (χ3n) is 4.61. The van der Waals surface area contributed by atoms with Gasteiger partial charge in [-0.1, -0.05) is 13.8 Å². The van der Waals surface area contributed by atoms with Gasteiger partial charge in [0.25, 0.3) is 5.91 Å². The summed E-state index contributed by atoms with van der Waals surface area (Å²) in [6, 6.07) is 0. The fourth-order valence-corrected chi connectivity index (χ4v) is 3.52. The van der Waals surface area contributed by atoms with Gasteiger partial charge in [-0.25, -0.2) is 4.99 Å². The van der Waals surface area contributed by atoms with Crippen molar-refractivity contribution in [3.63, 3.8) is 0 Å². The first-order chi connectivity index (χ1) is 10.2. The standard InChI is InChI=1S/C15H29N5O2/c1-10(2)8-15(3)12(21)20(13(16)18-15)9-11-4-6-19(7-5-11)14(17)22/h10-11,14,22H,4-9,17H2,1-3H3,(H2,16,18). The smallest absolute Gasteiger partial charge is 0.257 e. The van der Waals surface area contributed by atoms with Crippen molar-refractivity contribution in [3.05, 3.63) is 0 Å². The Kier molecular flexibility index (Phi) is 5.09. The van der Waals surface area contributed by atoms with E-state index in [0.29, 0.717) is 30.8 Å². The van der Waals surface area contributed by atoms with Crippen molar-refractivity contribution in [1.82, 2.24) is 9.80 Å². The van der Waals surface area contributed by atoms with E-state index in [-0.39, 0.29) is 5.91 Å². The summed E-state index contributed by atoms with van der Waals surface area (Å²) in [5, 5.41) is 9.38. The zero-order valence-electron chi connectivity index (χ0n) is 13.8. The van der Waals surface area contributed by atoms with Crippen LogP contribution in [0, 0.1) is 11.8 Å². The highest BCUT2D eigenvalue weighted by atomic mass is 16.3. The third-order valence-corrected chi connectivity index (χ3v) is 4.61. The van der Waals surface area contributed by atoms with Crippen molar-refractivity contribution in [2.24, 2.45) is 28.3 Å². The Bertz CT molecular complexity index is 443. The van der Waals surface area contributed by atoms with Crippen LogP contribution in [0.15, 0.2) is 4.99 Å². The number of nitrogens with zero attached hydrogens (tertiary/aromatic N) is 3. The Labute approximate surface area is 132 Å². The van der Waals surface area contributed by atoms with Gasteiger partial charge in [-0.3, -0.25) is 20.3 Å². The number of rotatable bonds is 5. The van der Waals surface area contributed by atoms with E-state index in [1.807, 2.05) is 11.8 Å². The van der Waals surface area contributed by atoms with Gasteiger partial charge in [-0.15, -0.1) is 0 Å². The molecule has 0 aliphatic carbocycles. The number of carbonyl (C=O) groups excluding carboxylic acids is 1. The summed E-state index contributed by atoms with van der Waals surface area (Å²) in [5.74, 6) is 1.11. The molecule has 1 saturated heterocycles. The van der Waals surface area contributed by atoms with Gasteiger partial charge in [-0.05, 0) is 38.0 Å². The molecule has 0 aromatic heterocycles. The summed E-state index contributed by atoms with van der Waals surface area (Å²) < 4.78 is 0. The summed E-state index contributed by atoms with van der Waals surface area (Å²) in [6.07, 6.45) is 1.61. The summed E-state index contributed by atoms with van der Waals surface area (Å²) >= 11 is 0. The van der Waals surface area contributed by atoms with Crippen LogP contribution in [0.3, 0.4) is 0 Å². The maximum absolute atomic E-state index is 12.7. The van der Waals surface area contributed by atoms with Crippen molar-refractivity contribution in [2.45, 2.75) is 51.9 Å². The van der Waals surface area contributed by atoms with Gasteiger partial charge in [-0.2, -0.15) is 0 Å². The number of piperidine rings is 1. The van der Waals surface area contributed by atoms with Gasteiger partial charge in [0.1, 0.15) is 5.54 Å². The average Bonchev–Trinajstić information content (AvgIpc) is 2.62. The molecule has 22 heavy (non-hydrogen) atoms. The first-order valence-corrected chi connectivity index (χ1v) is 8.08. The molecule has 1 fully saturated rings. The highest BCUT2D eigenvalue weighted by Crippen LogP contribution is 2.30. The topological polar surface area (TPSA) is 108 Å². The summed E-state index contributed by atoms with van der Waals surface area (Å²) in [4.78, 5) is 20.6. The number of hydrogen-bond donors (Lipinski definition) is 3. The van der Waals surface area contributed by atoms with Crippen LogP contribution in [0.5, 0.6) is 0 Å². The van der Waals surface area contributed by atoms with Gasteiger partial charge in [0.15, 0.2) is 12.3 Å². The SMILES string of the molecule is CC(C)CC1(C)N=C(N)N(CC2CCN(C(N)O)CC2)C1=O. The molecule has 0 aromatic carbocycles. The van der Waals surface area contributed by atoms with Crippen molar-refractivity contribution in [3.8, 4) is 0 Å². The summed E-state index contributed by atoms with van der Waals surface area (Å²) in [7, 11) is 0. The van der Waals surface area contributed by atoms with E-state index in [1.165, 1.54) is 0 Å². The van der Waals surface area contributed by atoms with Gasteiger partial charge in [0.05, 0.1) is 0 Å². The molecule has 0 aromatic rings. The normalized spacial score (nSPS) is 29.3. The van der Waals surface area contributed by atoms with Crippen LogP contribution in [-0.2, 0) is 4.79 Å². The van der Waals surface area contributed by atoms with Crippen molar-refractivity contribution >= 4 is 11.9 Å². The molecule has 126 valence electrons. The fourth-order valence-electron chi connectivity index (χ4n) is 3.52. The van der Waals surface area contributed by atoms with Crippen LogP contribution in [0.25, 0.3) is 0 Å². The minimum Gasteiger partial charge on any atom is -0.369 e. The molecule has 5 N–H and O–H groups in total. The van der Waals surface area contributed by atoms with E-state index in [1.54, 1.807) is 4.90 Å². The first-order valence-electron chi connectivity index (χ1n) is 8.08. The number of aliphatic hydroxyl groups excluding tert-OH is 1. The molecule has 2 rings (SSSR count). The van der Waals surface area contributed by atoms with E-state index < -0.39 is 11.9 Å². The Morgan fingerprint density at radius 2 is 2.00 bits per heavy atom. The lowest BCUT2D eigenvalue weighted by atomic mass is 9.90. The number of amides is 1. The molecule has 7 heteroatoms. The maximum Gasteiger partial charge on any atom is 0.257 e. The van der Waals surface area contributed by atoms with Crippen LogP contribution in [0.1, 0.15) is 40.0 Å². The number of nitrogens with two attached hydrogens (primary N) is 2. The third kappa shape index (κ3) is 3.59. The predicted octanol–water partition coefficient (Wildman–Crippen LogP) is -0.105. The molecular formula is C15H29N5O2. The van der Waals surface area contributed by atoms with E-state index in [0.717, 1.165) is 25.9 Å². The molecule has 0 radical (unpaired) electrons. The molecule has 1 amide bonds. The van der Waals surface area contributed by atoms with Crippen LogP contribution in [-0.4, -0.2) is 58.3 Å². The predicted molar refractivity (Wildman–Crippen MR) is 85.7 cm³/mol. The lowest BCUT2D eigenvalue weighted by Gasteiger charge is -2.35. The van der Waals surface area contributed by atoms with Crippen molar-refractivity contribution in [1.29, 1.82) is 0 Å². The minimum atomic E-state index is -0.893. The highest BCUT2D eigenvalue weighted by molar-refractivity contribution is 6.06. The Balaban J connectivity index is 1.94. The molecule has 0 bridgehead atoms. The Morgan fingerprint density at radius 3 is 2.50 bits per heavy atom. The van der Waals surface area contributed by atoms with Gasteiger partial charge >= 0.3 is 0 Å². The monoisotopic (exact) mass is 311 g/mol. The second-order valence-corrected chi connectivity index (χ2v) is 7.15. The van der Waals surface area contributed by atoms with Crippen LogP contribution >= 0.6 is 0 Å². The zero-order valence-corrected chi connectivity index (χ0v) is 13.8. The van der Waals surface area contributed by atoms with Crippen LogP contribution in [0.2, 0.25) is 0 Å². The summed E-state index contributed by atoms with van der Waals surface area (Å²) in [5.41, 5.74) is 10.8. The van der Waals surface area contributed by atoms with Gasteiger partial charge in [0, 0.05) is 19.6 Å². The Hall–Kier alpha value is -1.18. The van der Waals surface area contributed by atoms with Gasteiger partial charge < -0.3 is 10.8 Å². The number of guanidine groups is 1. The number of aliphatic hydroxyl groups is 1. The van der Waals surface area contributed by atoms with Gasteiger partial charge in [0.2, 0.25) is 0 Å². The minimum absolute atomic E-state index is 0.0139. The first kappa shape index (κ1) is 17.2. The molecule has 0 saturated carbocycles. The van der Waals surface area contributed by atoms with Crippen LogP contribution in [0.4, 0.5) is 0 Å². The quantitative estimate of drug-likeness (QED) is 0.614. The number of aliphatic imine (C=N–C) groups is 1. The highest BCUT2D eigenvalue weighted by Gasteiger charge is 2.44. The fraction of sp³-hybridized carbons (Fsp3) is 0.867. The second-order valence-electron chi connectivity index (χ2n) is 7.15. The number of hydrogen-bond acceptors (Lipinski definition) is 6. The molecule has 2 unspecified atom stereocenters. The zero-order chi connectivity index (χ0) is 16.5. The van der Waals surface area contributed by atoms with Crippen molar-refractivity contribution in [2.75, 3.05) is 19.6 Å². The number of likely N-dealkylation sites (tertiary alicyclic amines) is 1. The van der Waals surface area contributed by atoms with E-state index in [9.17, 15) is 9.90 Å². The maximum atomic E-state index is 12.7. The largest absolute Gasteiger partial charge is 0.369 e. The molecule has 7 nitrogen and oxygen atoms in total. The average molecular weight is 311 g/mol. The molecule has 2 atom stereocenters. The summed E-state index contributed by atoms with van der Waals surface area (Å²) in [6.45, 7) is 8.13. The molecule has 0 spiro atoms. The molecular weight excluding hydrogens is 282 g/mol. The van der Waals surface area contributed by atoms with Crippen molar-refractivity contribution < 1.29 is 9.90 Å². The van der Waals surface area contributed by atoms with Crippen LogP contribution < -0.4 is 11.5 Å². The molecule has 2 heterocycles. The molecule has 2 aliphatic rings. The lowest BCUT2D eigenvalue weighted by Crippen LogP contribution is -2.50.